The lowest BCUT2D eigenvalue weighted by Crippen LogP contribution is -2.54. The molecule has 1 unspecified atom stereocenters. The first kappa shape index (κ1) is 35.2. The number of carbonyl (C=O) groups is 1. The molecule has 6 rings (SSSR count). The van der Waals surface area contributed by atoms with Gasteiger partial charge < -0.3 is 20.1 Å². The Balaban J connectivity index is 0.000000204. The second-order valence-electron chi connectivity index (χ2n) is 11.7. The van der Waals surface area contributed by atoms with Crippen LogP contribution in [0.25, 0.3) is 0 Å². The van der Waals surface area contributed by atoms with E-state index in [9.17, 15) is 44.8 Å². The van der Waals surface area contributed by atoms with Crippen molar-refractivity contribution in [3.8, 4) is 0 Å². The number of likely N-dealkylation sites (tertiary alicyclic amines) is 1. The summed E-state index contributed by atoms with van der Waals surface area (Å²) in [6, 6.07) is 15.1. The fourth-order valence-corrected chi connectivity index (χ4v) is 7.41. The van der Waals surface area contributed by atoms with Crippen LogP contribution in [0.3, 0.4) is 0 Å². The summed E-state index contributed by atoms with van der Waals surface area (Å²) in [6.45, 7) is 7.22. The molecule has 7 nitrogen and oxygen atoms in total. The number of alkyl halides is 6. The summed E-state index contributed by atoms with van der Waals surface area (Å²) in [5.41, 5.74) is -4.19. The normalized spacial score (nSPS) is 18.1. The lowest BCUT2D eigenvalue weighted by atomic mass is 9.82. The van der Waals surface area contributed by atoms with E-state index in [-0.39, 0.29) is 40.6 Å². The minimum Gasteiger partial charge on any atom is -0.468 e. The highest BCUT2D eigenvalue weighted by molar-refractivity contribution is 7.86. The average Bonchev–Trinajstić information content (AvgIpc) is 3.03. The number of rotatable bonds is 3. The predicted octanol–water partition coefficient (Wildman–Crippen LogP) is 7.05. The summed E-state index contributed by atoms with van der Waals surface area (Å²) in [4.78, 5) is 13.5. The molecule has 1 atom stereocenters. The van der Waals surface area contributed by atoms with E-state index in [1.54, 1.807) is 6.92 Å². The highest BCUT2D eigenvalue weighted by Gasteiger charge is 2.71. The number of aryl methyl sites for hydroxylation is 1. The van der Waals surface area contributed by atoms with Crippen LogP contribution < -0.4 is 9.62 Å². The molecule has 48 heavy (non-hydrogen) atoms. The molecule has 1 saturated heterocycles. The molecule has 0 bridgehead atoms. The van der Waals surface area contributed by atoms with Crippen LogP contribution in [-0.4, -0.2) is 52.1 Å². The number of hydrogen-bond donors (Lipinski definition) is 2. The van der Waals surface area contributed by atoms with Gasteiger partial charge in [-0.2, -0.15) is 26.3 Å². The van der Waals surface area contributed by atoms with E-state index in [4.69, 9.17) is 4.74 Å². The SMILES string of the molecule is C=C1Nc2ccccc2C2(CCN(C(C)=O)CC2)O1.O=S(c1ccc(F)cc1)N1CCCc2cc(C(O)(C(F)(F)F)C(F)(F)F)ccc21. The van der Waals surface area contributed by atoms with E-state index in [1.807, 2.05) is 23.1 Å². The molecule has 0 aliphatic carbocycles. The fourth-order valence-electron chi connectivity index (χ4n) is 6.14. The van der Waals surface area contributed by atoms with Crippen molar-refractivity contribution in [2.75, 3.05) is 29.3 Å². The Morgan fingerprint density at radius 3 is 2.19 bits per heavy atom. The zero-order valence-electron chi connectivity index (χ0n) is 25.6. The van der Waals surface area contributed by atoms with Crippen molar-refractivity contribution in [1.29, 1.82) is 0 Å². The van der Waals surface area contributed by atoms with Gasteiger partial charge in [0.1, 0.15) is 11.4 Å². The first-order valence-electron chi connectivity index (χ1n) is 14.9. The Morgan fingerprint density at radius 2 is 1.58 bits per heavy atom. The maximum absolute atomic E-state index is 13.1. The fraction of sp³-hybridized carbons (Fsp3) is 0.364. The number of amides is 1. The van der Waals surface area contributed by atoms with Crippen LogP contribution in [0.2, 0.25) is 0 Å². The van der Waals surface area contributed by atoms with Gasteiger partial charge >= 0.3 is 12.4 Å². The Kier molecular flexibility index (Phi) is 9.58. The van der Waals surface area contributed by atoms with E-state index in [1.165, 1.54) is 22.0 Å². The minimum absolute atomic E-state index is 0.0936. The summed E-state index contributed by atoms with van der Waals surface area (Å²) in [7, 11) is -1.84. The van der Waals surface area contributed by atoms with Gasteiger partial charge in [0, 0.05) is 56.2 Å². The largest absolute Gasteiger partial charge is 0.468 e. The first-order chi connectivity index (χ1) is 22.5. The molecule has 0 radical (unpaired) electrons. The standard InChI is InChI=1S/C18H14F7NO2S.C15H18N2O2/c19-13-4-6-14(7-5-13)29(28)26-9-1-2-11-10-12(3-8-15(11)26)16(27,17(20,21)22)18(23,24)25;1-11-16-14-6-4-3-5-13(14)15(19-11)7-9-17(10-8-15)12(2)18/h3-8,10,27H,1-2,9H2;3-6,16H,1,7-10H2,2H3. The van der Waals surface area contributed by atoms with Gasteiger partial charge in [-0.1, -0.05) is 30.3 Å². The summed E-state index contributed by atoms with van der Waals surface area (Å²) in [5.74, 6) is 0.180. The Labute approximate surface area is 274 Å². The Bertz CT molecular complexity index is 1690. The molecule has 3 aromatic rings. The van der Waals surface area contributed by atoms with Gasteiger partial charge in [0.25, 0.3) is 5.60 Å². The molecule has 1 spiro atoms. The highest BCUT2D eigenvalue weighted by atomic mass is 32.2. The number of hydrogen-bond acceptors (Lipinski definition) is 5. The molecule has 1 amide bonds. The molecule has 2 N–H and O–H groups in total. The Morgan fingerprint density at radius 1 is 0.958 bits per heavy atom. The molecule has 3 aromatic carbocycles. The van der Waals surface area contributed by atoms with E-state index < -0.39 is 40.3 Å². The van der Waals surface area contributed by atoms with Crippen molar-refractivity contribution in [1.82, 2.24) is 4.90 Å². The number of piperidine rings is 1. The topological polar surface area (TPSA) is 82.1 Å². The zero-order chi connectivity index (χ0) is 35.1. The van der Waals surface area contributed by atoms with E-state index in [2.05, 4.69) is 18.0 Å². The van der Waals surface area contributed by atoms with Crippen molar-refractivity contribution >= 4 is 28.3 Å². The van der Waals surface area contributed by atoms with Crippen molar-refractivity contribution < 1.29 is 49.6 Å². The van der Waals surface area contributed by atoms with Crippen LogP contribution in [-0.2, 0) is 38.1 Å². The maximum atomic E-state index is 13.1. The highest BCUT2D eigenvalue weighted by Crippen LogP contribution is 2.51. The van der Waals surface area contributed by atoms with Gasteiger partial charge in [-0.15, -0.1) is 0 Å². The molecular formula is C33H32F7N3O4S. The number of nitrogens with one attached hydrogen (secondary N) is 1. The lowest BCUT2D eigenvalue weighted by Gasteiger charge is -2.45. The third kappa shape index (κ3) is 6.62. The molecule has 3 aliphatic rings. The number of carbonyl (C=O) groups excluding carboxylic acids is 1. The van der Waals surface area contributed by atoms with Crippen molar-refractivity contribution in [2.45, 2.75) is 61.1 Å². The molecular weight excluding hydrogens is 667 g/mol. The van der Waals surface area contributed by atoms with E-state index in [0.29, 0.717) is 24.4 Å². The van der Waals surface area contributed by atoms with Gasteiger partial charge in [0.15, 0.2) is 16.9 Å². The second-order valence-corrected chi connectivity index (χ2v) is 13.1. The molecule has 0 aromatic heterocycles. The number of aliphatic hydroxyl groups is 1. The van der Waals surface area contributed by atoms with Gasteiger partial charge in [0.05, 0.1) is 10.6 Å². The van der Waals surface area contributed by atoms with Crippen LogP contribution in [0.1, 0.15) is 42.9 Å². The van der Waals surface area contributed by atoms with Crippen molar-refractivity contribution in [3.05, 3.63) is 102 Å². The molecule has 0 saturated carbocycles. The van der Waals surface area contributed by atoms with Crippen molar-refractivity contribution in [2.24, 2.45) is 0 Å². The van der Waals surface area contributed by atoms with Gasteiger partial charge in [-0.25, -0.2) is 8.60 Å². The van der Waals surface area contributed by atoms with Gasteiger partial charge in [-0.05, 0) is 61.4 Å². The van der Waals surface area contributed by atoms with Crippen LogP contribution in [0.4, 0.5) is 42.1 Å². The molecule has 3 aliphatic heterocycles. The lowest BCUT2D eigenvalue weighted by molar-refractivity contribution is -0.376. The summed E-state index contributed by atoms with van der Waals surface area (Å²) in [5, 5.41) is 12.7. The quantitative estimate of drug-likeness (QED) is 0.287. The zero-order valence-corrected chi connectivity index (χ0v) is 26.4. The number of fused-ring (bicyclic) bond motifs is 3. The summed E-state index contributed by atoms with van der Waals surface area (Å²) >= 11 is 0. The summed E-state index contributed by atoms with van der Waals surface area (Å²) < 4.78 is 112. The number of benzene rings is 3. The number of para-hydroxylation sites is 1. The molecule has 3 heterocycles. The number of anilines is 2. The summed E-state index contributed by atoms with van der Waals surface area (Å²) in [6.07, 6.45) is -9.88. The van der Waals surface area contributed by atoms with Gasteiger partial charge in [0.2, 0.25) is 5.91 Å². The third-order valence-electron chi connectivity index (χ3n) is 8.64. The Hall–Kier alpha value is -4.11. The minimum atomic E-state index is -5.98. The van der Waals surface area contributed by atoms with E-state index >= 15 is 0 Å². The molecule has 258 valence electrons. The first-order valence-corrected chi connectivity index (χ1v) is 16.0. The molecule has 15 heteroatoms. The van der Waals surface area contributed by atoms with Crippen molar-refractivity contribution in [3.63, 3.8) is 0 Å². The van der Waals surface area contributed by atoms with Crippen LogP contribution >= 0.6 is 0 Å². The van der Waals surface area contributed by atoms with Gasteiger partial charge in [-0.3, -0.25) is 9.10 Å². The maximum Gasteiger partial charge on any atom is 0.430 e. The second kappa shape index (κ2) is 13.1. The number of nitrogens with zero attached hydrogens (tertiary/aromatic N) is 2. The smallest absolute Gasteiger partial charge is 0.430 e. The number of halogens is 7. The monoisotopic (exact) mass is 699 g/mol. The third-order valence-corrected chi connectivity index (χ3v) is 10.1. The van der Waals surface area contributed by atoms with Crippen LogP contribution in [0, 0.1) is 5.82 Å². The van der Waals surface area contributed by atoms with Crippen LogP contribution in [0.15, 0.2) is 84.1 Å². The molecule has 1 fully saturated rings. The average molecular weight is 700 g/mol. The number of ether oxygens (including phenoxy) is 1. The van der Waals surface area contributed by atoms with E-state index in [0.717, 1.165) is 49.8 Å². The van der Waals surface area contributed by atoms with Crippen LogP contribution in [0.5, 0.6) is 0 Å². The predicted molar refractivity (Wildman–Crippen MR) is 164 cm³/mol.